The first-order chi connectivity index (χ1) is 49.1. The van der Waals surface area contributed by atoms with Crippen molar-refractivity contribution in [1.29, 1.82) is 0 Å². The zero-order valence-electron chi connectivity index (χ0n) is 61.7. The van der Waals surface area contributed by atoms with Gasteiger partial charge >= 0.3 is 5.97 Å². The lowest BCUT2D eigenvalue weighted by Gasteiger charge is -2.46. The number of esters is 1. The molecule has 0 heterocycles. The molecule has 6 atom stereocenters. The molecular weight excluding hydrogens is 1370 g/mol. The summed E-state index contributed by atoms with van der Waals surface area (Å²) in [7, 11) is -11.5. The number of carbonyl (C=O) groups excluding carboxylic acids is 1. The van der Waals surface area contributed by atoms with E-state index in [9.17, 15) is 13.8 Å². The van der Waals surface area contributed by atoms with E-state index in [-0.39, 0.29) is 40.7 Å². The third-order valence-corrected chi connectivity index (χ3v) is 38.5. The number of allylic oxidation sites excluding steroid dienone is 2. The Hall–Kier alpha value is -7.49. The highest BCUT2D eigenvalue weighted by Crippen LogP contribution is 2.48. The van der Waals surface area contributed by atoms with Crippen LogP contribution in [0.2, 0.25) is 15.1 Å². The van der Waals surface area contributed by atoms with Crippen molar-refractivity contribution >= 4 is 91.4 Å². The molecule has 0 amide bonds. The number of alkyl halides is 4. The van der Waals surface area contributed by atoms with Crippen molar-refractivity contribution in [2.45, 2.75) is 160 Å². The number of carbonyl (C=O) groups is 1. The van der Waals surface area contributed by atoms with Gasteiger partial charge in [-0.25, -0.2) is 18.0 Å². The van der Waals surface area contributed by atoms with E-state index in [0.29, 0.717) is 60.0 Å². The molecule has 0 spiro atoms. The van der Waals surface area contributed by atoms with E-state index in [1.807, 2.05) is 133 Å². The standard InChI is InChI=1S/C37H40FO2PSi.C27H33FO3Si.C25H30ClFOSi/c1-29-35(38)27-30(25-26-41(39,31-17-9-5-10-18-31)32-19-11-6-12-20-32)28-36(29)40-42(37(2,3)4,33-21-13-7-14-22-33)34-23-15-8-16-24-34;1-6-30-26(29)19-21-17-24(28)20(2)25(18-21)31-32(27(3,4)5,22-13-9-7-10-14-22)23-15-11-8-12-16-23;1-19-23(27)17-20(15-16-26)18-24(19)28-29(25(2,3)4,21-11-7-5-8-12-21)22-13-9-6-10-14-22/h5-25,35-36H,1,26-28H2,2-4H3;7-16,19,24-25H,2,6,17-18H2,1,3-5H3;5-15,23-24H,1,16-18H2,2-4H3/b30-25+;21-19+;20-15+/t35-,36+;24-,25+;23-,24+/m000/s1. The van der Waals surface area contributed by atoms with Crippen LogP contribution >= 0.6 is 18.7 Å². The van der Waals surface area contributed by atoms with E-state index in [1.54, 1.807) is 6.92 Å². The van der Waals surface area contributed by atoms with Crippen molar-refractivity contribution in [2.75, 3.05) is 18.6 Å². The van der Waals surface area contributed by atoms with Crippen molar-refractivity contribution in [1.82, 2.24) is 0 Å². The fraction of sp³-hybridized carbons (Fsp3) is 0.315. The van der Waals surface area contributed by atoms with Gasteiger partial charge in [-0.15, -0.1) is 11.6 Å². The summed E-state index contributed by atoms with van der Waals surface area (Å²) >= 11 is 5.91. The fourth-order valence-corrected chi connectivity index (χ4v) is 31.8. The second kappa shape index (κ2) is 35.1. The van der Waals surface area contributed by atoms with Crippen LogP contribution in [0.15, 0.2) is 314 Å². The molecule has 0 aromatic heterocycles. The minimum atomic E-state index is -2.96. The molecule has 0 unspecified atom stereocenters. The smallest absolute Gasteiger partial charge is 0.330 e. The van der Waals surface area contributed by atoms with E-state index in [0.717, 1.165) is 42.5 Å². The first kappa shape index (κ1) is 79.6. The van der Waals surface area contributed by atoms with Crippen molar-refractivity contribution < 1.29 is 40.5 Å². The van der Waals surface area contributed by atoms with Gasteiger partial charge in [0, 0.05) is 48.0 Å². The Labute approximate surface area is 620 Å². The van der Waals surface area contributed by atoms with Crippen molar-refractivity contribution in [3.8, 4) is 0 Å². The van der Waals surface area contributed by atoms with Gasteiger partial charge in [0.25, 0.3) is 25.0 Å². The summed E-state index contributed by atoms with van der Waals surface area (Å²) in [6.45, 7) is 34.3. The Morgan fingerprint density at radius 2 is 0.660 bits per heavy atom. The summed E-state index contributed by atoms with van der Waals surface area (Å²) < 4.78 is 86.8. The summed E-state index contributed by atoms with van der Waals surface area (Å²) in [4.78, 5) is 12.0. The topological polar surface area (TPSA) is 71.1 Å². The first-order valence-electron chi connectivity index (χ1n) is 36.0. The van der Waals surface area contributed by atoms with Crippen LogP contribution in [0.1, 0.15) is 108 Å². The van der Waals surface area contributed by atoms with Crippen LogP contribution in [0, 0.1) is 0 Å². The SMILES string of the molecule is C=C1[C@@H](F)C/C(=C\C(=O)OCC)C[C@H]1O[Si](c1ccccc1)(c1ccccc1)C(C)(C)C.C=C1[C@@H](F)C/C(=C\CCl)C[C@H]1O[Si](c1ccccc1)(c1ccccc1)C(C)(C)C.C=C1[C@@H](F)C/C(=C\CP(=O)(c2ccccc2)c2ccccc2)C[C@H]1O[Si](c1ccccc1)(c1ccccc1)C(C)(C)C. The highest BCUT2D eigenvalue weighted by Gasteiger charge is 2.55. The molecule has 0 saturated heterocycles. The Kier molecular flexibility index (Phi) is 27.1. The van der Waals surface area contributed by atoms with Crippen LogP contribution < -0.4 is 41.7 Å². The number of ether oxygens (including phenoxy) is 1. The molecular formula is C89H103ClF3O6PSi3. The van der Waals surface area contributed by atoms with Gasteiger partial charge in [0.05, 0.1) is 24.9 Å². The molecule has 103 heavy (non-hydrogen) atoms. The molecule has 0 radical (unpaired) electrons. The monoisotopic (exact) mass is 1470 g/mol. The molecule has 14 heteroatoms. The second-order valence-electron chi connectivity index (χ2n) is 30.2. The average Bonchev–Trinajstić information content (AvgIpc) is 0.751. The van der Waals surface area contributed by atoms with Crippen LogP contribution in [-0.2, 0) is 27.4 Å². The zero-order chi connectivity index (χ0) is 74.2. The summed E-state index contributed by atoms with van der Waals surface area (Å²) in [6, 6.07) is 81.5. The van der Waals surface area contributed by atoms with E-state index in [4.69, 9.17) is 29.6 Å². The largest absolute Gasteiger partial charge is 0.463 e. The van der Waals surface area contributed by atoms with Gasteiger partial charge in [-0.05, 0) is 89.1 Å². The third-order valence-electron chi connectivity index (χ3n) is 20.3. The highest BCUT2D eigenvalue weighted by atomic mass is 35.5. The molecule has 3 saturated carbocycles. The fourth-order valence-electron chi connectivity index (χ4n) is 15.0. The molecule has 0 N–H and O–H groups in total. The van der Waals surface area contributed by atoms with Crippen LogP contribution in [0.5, 0.6) is 0 Å². The van der Waals surface area contributed by atoms with Crippen molar-refractivity contribution in [3.63, 3.8) is 0 Å². The Balaban J connectivity index is 0.000000183. The molecule has 6 nitrogen and oxygen atoms in total. The highest BCUT2D eigenvalue weighted by molar-refractivity contribution is 7.78. The molecule has 3 fully saturated rings. The molecule has 11 rings (SSSR count). The number of hydrogen-bond donors (Lipinski definition) is 0. The maximum atomic E-state index is 15.7. The van der Waals surface area contributed by atoms with E-state index >= 15 is 8.78 Å². The predicted molar refractivity (Wildman–Crippen MR) is 434 cm³/mol. The second-order valence-corrected chi connectivity index (χ2v) is 46.1. The van der Waals surface area contributed by atoms with E-state index in [2.05, 4.69) is 203 Å². The minimum Gasteiger partial charge on any atom is -0.463 e. The van der Waals surface area contributed by atoms with E-state index < -0.39 is 68.8 Å². The number of hydrogen-bond acceptors (Lipinski definition) is 6. The summed E-state index contributed by atoms with van der Waals surface area (Å²) in [5, 5.41) is 7.94. The normalized spacial score (nSPS) is 20.5. The van der Waals surface area contributed by atoms with Gasteiger partial charge in [-0.3, -0.25) is 0 Å². The van der Waals surface area contributed by atoms with Gasteiger partial charge in [0.1, 0.15) is 25.7 Å². The van der Waals surface area contributed by atoms with Crippen molar-refractivity contribution in [3.05, 3.63) is 314 Å². The lowest BCUT2D eigenvalue weighted by molar-refractivity contribution is -0.137. The molecule has 3 aliphatic carbocycles. The molecule has 3 aliphatic rings. The Morgan fingerprint density at radius 3 is 0.913 bits per heavy atom. The van der Waals surface area contributed by atoms with Gasteiger partial charge in [0.15, 0.2) is 0 Å². The lowest BCUT2D eigenvalue weighted by atomic mass is 9.87. The van der Waals surface area contributed by atoms with Gasteiger partial charge < -0.3 is 22.6 Å². The minimum absolute atomic E-state index is 0.151. The van der Waals surface area contributed by atoms with Gasteiger partial charge in [-0.2, -0.15) is 0 Å². The molecule has 8 aromatic rings. The first-order valence-corrected chi connectivity index (χ1v) is 44.1. The van der Waals surface area contributed by atoms with Gasteiger partial charge in [-0.1, -0.05) is 354 Å². The zero-order valence-corrected chi connectivity index (χ0v) is 66.3. The summed E-state index contributed by atoms with van der Waals surface area (Å²) in [5.41, 5.74) is 4.14. The Morgan fingerprint density at radius 1 is 0.417 bits per heavy atom. The van der Waals surface area contributed by atoms with Crippen molar-refractivity contribution in [2.24, 2.45) is 0 Å². The van der Waals surface area contributed by atoms with Crippen LogP contribution in [0.4, 0.5) is 13.2 Å². The summed E-state index contributed by atoms with van der Waals surface area (Å²) in [6.07, 6.45) is 3.13. The number of halogens is 4. The van der Waals surface area contributed by atoms with Crippen LogP contribution in [0.3, 0.4) is 0 Å². The molecule has 0 bridgehead atoms. The predicted octanol–water partition coefficient (Wildman–Crippen LogP) is 18.5. The quantitative estimate of drug-likeness (QED) is 0.0201. The Bertz CT molecular complexity index is 4080. The van der Waals surface area contributed by atoms with E-state index in [1.165, 1.54) is 16.4 Å². The third kappa shape index (κ3) is 18.3. The maximum Gasteiger partial charge on any atom is 0.330 e. The molecule has 540 valence electrons. The maximum absolute atomic E-state index is 15.7. The van der Waals surface area contributed by atoms with Gasteiger partial charge in [0.2, 0.25) is 0 Å². The van der Waals surface area contributed by atoms with Crippen LogP contribution in [-0.4, -0.2) is 86.4 Å². The van der Waals surface area contributed by atoms with Crippen LogP contribution in [0.25, 0.3) is 0 Å². The average molecular weight is 1480 g/mol. The summed E-state index contributed by atoms with van der Waals surface area (Å²) in [5.74, 6) is -0.0492. The number of benzene rings is 8. The molecule has 0 aliphatic heterocycles. The number of rotatable bonds is 19. The lowest BCUT2D eigenvalue weighted by Crippen LogP contribution is -2.68. The molecule has 8 aromatic carbocycles.